The number of ether oxygens (including phenoxy) is 1. The van der Waals surface area contributed by atoms with E-state index in [2.05, 4.69) is 15.4 Å². The van der Waals surface area contributed by atoms with Crippen LogP contribution in [0, 0.1) is 5.82 Å². The molecule has 0 aliphatic carbocycles. The fourth-order valence-electron chi connectivity index (χ4n) is 2.12. The Labute approximate surface area is 106 Å². The monoisotopic (exact) mass is 252 g/mol. The standard InChI is InChI=1S/C13H17FN2O2/c1-18-13(17)11-5-4-9(14)7-12(11)16-10-3-2-6-15-8-10/h4-5,7,10,15-16H,2-3,6,8H2,1H3. The second-order valence-corrected chi connectivity index (χ2v) is 4.37. The molecule has 1 unspecified atom stereocenters. The van der Waals surface area contributed by atoms with Crippen molar-refractivity contribution in [3.05, 3.63) is 29.6 Å². The first-order valence-electron chi connectivity index (χ1n) is 6.06. The number of esters is 1. The highest BCUT2D eigenvalue weighted by molar-refractivity contribution is 5.95. The zero-order valence-corrected chi connectivity index (χ0v) is 10.3. The summed E-state index contributed by atoms with van der Waals surface area (Å²) in [5, 5.41) is 6.46. The maximum Gasteiger partial charge on any atom is 0.339 e. The zero-order valence-electron chi connectivity index (χ0n) is 10.3. The first-order chi connectivity index (χ1) is 8.70. The van der Waals surface area contributed by atoms with Gasteiger partial charge in [0.2, 0.25) is 0 Å². The molecule has 1 aliphatic heterocycles. The van der Waals surface area contributed by atoms with E-state index in [1.54, 1.807) is 0 Å². The SMILES string of the molecule is COC(=O)c1ccc(F)cc1NC1CCCNC1. The molecule has 1 fully saturated rings. The van der Waals surface area contributed by atoms with Crippen LogP contribution in [0.5, 0.6) is 0 Å². The molecule has 0 saturated carbocycles. The number of hydrogen-bond donors (Lipinski definition) is 2. The first kappa shape index (κ1) is 12.8. The molecule has 1 saturated heterocycles. The van der Waals surface area contributed by atoms with Crippen LogP contribution in [0.2, 0.25) is 0 Å². The van der Waals surface area contributed by atoms with Gasteiger partial charge in [-0.15, -0.1) is 0 Å². The van der Waals surface area contributed by atoms with E-state index in [1.807, 2.05) is 0 Å². The van der Waals surface area contributed by atoms with Gasteiger partial charge in [0.05, 0.1) is 18.4 Å². The summed E-state index contributed by atoms with van der Waals surface area (Å²) < 4.78 is 17.9. The fraction of sp³-hybridized carbons (Fsp3) is 0.462. The number of nitrogens with one attached hydrogen (secondary N) is 2. The second-order valence-electron chi connectivity index (χ2n) is 4.37. The van der Waals surface area contributed by atoms with Crippen molar-refractivity contribution in [1.82, 2.24) is 5.32 Å². The Balaban J connectivity index is 2.18. The van der Waals surface area contributed by atoms with Crippen molar-refractivity contribution >= 4 is 11.7 Å². The molecule has 0 bridgehead atoms. The van der Waals surface area contributed by atoms with Crippen molar-refractivity contribution in [3.63, 3.8) is 0 Å². The molecule has 98 valence electrons. The van der Waals surface area contributed by atoms with Crippen molar-refractivity contribution < 1.29 is 13.9 Å². The summed E-state index contributed by atoms with van der Waals surface area (Å²) >= 11 is 0. The highest BCUT2D eigenvalue weighted by Gasteiger charge is 2.17. The van der Waals surface area contributed by atoms with E-state index in [4.69, 9.17) is 0 Å². The number of piperidine rings is 1. The molecule has 4 nitrogen and oxygen atoms in total. The summed E-state index contributed by atoms with van der Waals surface area (Å²) in [6.45, 7) is 1.82. The summed E-state index contributed by atoms with van der Waals surface area (Å²) in [6.07, 6.45) is 2.07. The zero-order chi connectivity index (χ0) is 13.0. The van der Waals surface area contributed by atoms with Crippen molar-refractivity contribution in [1.29, 1.82) is 0 Å². The van der Waals surface area contributed by atoms with Crippen LogP contribution in [-0.2, 0) is 4.74 Å². The van der Waals surface area contributed by atoms with Gasteiger partial charge in [-0.2, -0.15) is 0 Å². The van der Waals surface area contributed by atoms with Crippen LogP contribution in [0.15, 0.2) is 18.2 Å². The van der Waals surface area contributed by atoms with Crippen LogP contribution >= 0.6 is 0 Å². The van der Waals surface area contributed by atoms with E-state index in [0.717, 1.165) is 25.9 Å². The van der Waals surface area contributed by atoms with Crippen LogP contribution in [0.1, 0.15) is 23.2 Å². The molecule has 1 aromatic carbocycles. The Hall–Kier alpha value is -1.62. The molecule has 1 aromatic rings. The van der Waals surface area contributed by atoms with Gasteiger partial charge in [-0.3, -0.25) is 0 Å². The minimum Gasteiger partial charge on any atom is -0.465 e. The average molecular weight is 252 g/mol. The molecule has 0 amide bonds. The van der Waals surface area contributed by atoms with Gasteiger partial charge in [-0.25, -0.2) is 9.18 Å². The van der Waals surface area contributed by atoms with Crippen LogP contribution in [-0.4, -0.2) is 32.2 Å². The third-order valence-electron chi connectivity index (χ3n) is 3.04. The van der Waals surface area contributed by atoms with E-state index >= 15 is 0 Å². The summed E-state index contributed by atoms with van der Waals surface area (Å²) in [5.74, 6) is -0.824. The predicted octanol–water partition coefficient (Wildman–Crippen LogP) is 1.78. The minimum atomic E-state index is -0.457. The molecule has 5 heteroatoms. The van der Waals surface area contributed by atoms with Gasteiger partial charge in [-0.05, 0) is 37.6 Å². The van der Waals surface area contributed by atoms with E-state index in [9.17, 15) is 9.18 Å². The lowest BCUT2D eigenvalue weighted by molar-refractivity contribution is 0.0601. The summed E-state index contributed by atoms with van der Waals surface area (Å²) in [7, 11) is 1.32. The lowest BCUT2D eigenvalue weighted by Gasteiger charge is -2.25. The van der Waals surface area contributed by atoms with E-state index in [0.29, 0.717) is 11.3 Å². The molecule has 1 atom stereocenters. The number of carbonyl (C=O) groups is 1. The summed E-state index contributed by atoms with van der Waals surface area (Å²) in [5.41, 5.74) is 0.861. The lowest BCUT2D eigenvalue weighted by atomic mass is 10.1. The number of carbonyl (C=O) groups excluding carboxylic acids is 1. The van der Waals surface area contributed by atoms with Crippen molar-refractivity contribution in [2.75, 3.05) is 25.5 Å². The Kier molecular flexibility index (Phi) is 4.15. The second kappa shape index (κ2) is 5.82. The molecule has 0 aromatic heterocycles. The number of rotatable bonds is 3. The molecular formula is C13H17FN2O2. The van der Waals surface area contributed by atoms with E-state index in [-0.39, 0.29) is 11.9 Å². The van der Waals surface area contributed by atoms with Crippen LogP contribution < -0.4 is 10.6 Å². The van der Waals surface area contributed by atoms with Gasteiger partial charge < -0.3 is 15.4 Å². The average Bonchev–Trinajstić information content (AvgIpc) is 2.39. The molecule has 1 heterocycles. The van der Waals surface area contributed by atoms with Crippen LogP contribution in [0.25, 0.3) is 0 Å². The quantitative estimate of drug-likeness (QED) is 0.805. The molecule has 2 N–H and O–H groups in total. The van der Waals surface area contributed by atoms with E-state index < -0.39 is 5.97 Å². The third kappa shape index (κ3) is 2.98. The summed E-state index contributed by atoms with van der Waals surface area (Å²) in [4.78, 5) is 11.6. The number of halogens is 1. The molecule has 18 heavy (non-hydrogen) atoms. The molecule has 0 radical (unpaired) electrons. The van der Waals surface area contributed by atoms with Crippen LogP contribution in [0.3, 0.4) is 0 Å². The minimum absolute atomic E-state index is 0.212. The largest absolute Gasteiger partial charge is 0.465 e. The van der Waals surface area contributed by atoms with Gasteiger partial charge in [0.15, 0.2) is 0 Å². The van der Waals surface area contributed by atoms with Crippen molar-refractivity contribution in [3.8, 4) is 0 Å². The number of methoxy groups -OCH3 is 1. The molecular weight excluding hydrogens is 235 g/mol. The van der Waals surface area contributed by atoms with Gasteiger partial charge in [0.25, 0.3) is 0 Å². The molecule has 0 spiro atoms. The Morgan fingerprint density at radius 3 is 3.06 bits per heavy atom. The number of benzene rings is 1. The highest BCUT2D eigenvalue weighted by atomic mass is 19.1. The number of hydrogen-bond acceptors (Lipinski definition) is 4. The smallest absolute Gasteiger partial charge is 0.339 e. The van der Waals surface area contributed by atoms with Gasteiger partial charge >= 0.3 is 5.97 Å². The van der Waals surface area contributed by atoms with Gasteiger partial charge in [-0.1, -0.05) is 0 Å². The third-order valence-corrected chi connectivity index (χ3v) is 3.04. The maximum absolute atomic E-state index is 13.3. The normalized spacial score (nSPS) is 19.3. The van der Waals surface area contributed by atoms with Gasteiger partial charge in [0.1, 0.15) is 5.82 Å². The number of anilines is 1. The van der Waals surface area contributed by atoms with Crippen molar-refractivity contribution in [2.24, 2.45) is 0 Å². The maximum atomic E-state index is 13.3. The Morgan fingerprint density at radius 2 is 2.39 bits per heavy atom. The lowest BCUT2D eigenvalue weighted by Crippen LogP contribution is -2.38. The topological polar surface area (TPSA) is 50.4 Å². The predicted molar refractivity (Wildman–Crippen MR) is 67.3 cm³/mol. The van der Waals surface area contributed by atoms with Crippen LogP contribution in [0.4, 0.5) is 10.1 Å². The molecule has 2 rings (SSSR count). The Bertz CT molecular complexity index is 431. The Morgan fingerprint density at radius 1 is 1.56 bits per heavy atom. The highest BCUT2D eigenvalue weighted by Crippen LogP contribution is 2.20. The first-order valence-corrected chi connectivity index (χ1v) is 6.06. The molecule has 1 aliphatic rings. The fourth-order valence-corrected chi connectivity index (χ4v) is 2.12. The van der Waals surface area contributed by atoms with Gasteiger partial charge in [0, 0.05) is 12.6 Å². The van der Waals surface area contributed by atoms with E-state index in [1.165, 1.54) is 25.3 Å². The van der Waals surface area contributed by atoms with Crippen molar-refractivity contribution in [2.45, 2.75) is 18.9 Å². The summed E-state index contributed by atoms with van der Waals surface area (Å²) in [6, 6.07) is 4.25.